The highest BCUT2D eigenvalue weighted by atomic mass is 35.5. The maximum atomic E-state index is 13.2. The third-order valence-corrected chi connectivity index (χ3v) is 7.69. The predicted octanol–water partition coefficient (Wildman–Crippen LogP) is 5.35. The molecule has 0 bridgehead atoms. The van der Waals surface area contributed by atoms with Gasteiger partial charge in [0.2, 0.25) is 0 Å². The summed E-state index contributed by atoms with van der Waals surface area (Å²) in [6.07, 6.45) is 0.535. The second kappa shape index (κ2) is 8.02. The van der Waals surface area contributed by atoms with Crippen LogP contribution >= 0.6 is 11.6 Å². The van der Waals surface area contributed by atoms with E-state index in [9.17, 15) is 13.2 Å². The second-order valence-corrected chi connectivity index (χ2v) is 10.2. The molecule has 0 saturated heterocycles. The van der Waals surface area contributed by atoms with E-state index in [1.807, 2.05) is 39.0 Å². The van der Waals surface area contributed by atoms with Crippen LogP contribution in [-0.4, -0.2) is 20.4 Å². The Hall–Kier alpha value is -2.83. The number of benzene rings is 3. The Morgan fingerprint density at radius 1 is 1.03 bits per heavy atom. The highest BCUT2D eigenvalue weighted by Crippen LogP contribution is 2.37. The van der Waals surface area contributed by atoms with Crippen LogP contribution in [0.15, 0.2) is 65.6 Å². The first-order valence-electron chi connectivity index (χ1n) is 9.98. The van der Waals surface area contributed by atoms with Gasteiger partial charge >= 0.3 is 0 Å². The average molecular weight is 455 g/mol. The van der Waals surface area contributed by atoms with Crippen molar-refractivity contribution in [3.05, 3.63) is 87.9 Å². The Morgan fingerprint density at radius 3 is 2.42 bits per heavy atom. The van der Waals surface area contributed by atoms with Gasteiger partial charge in [-0.3, -0.25) is 9.10 Å². The summed E-state index contributed by atoms with van der Waals surface area (Å²) in [7, 11) is -3.74. The van der Waals surface area contributed by atoms with Gasteiger partial charge in [0, 0.05) is 22.3 Å². The van der Waals surface area contributed by atoms with Gasteiger partial charge in [-0.25, -0.2) is 8.42 Å². The Kier molecular flexibility index (Phi) is 5.54. The third kappa shape index (κ3) is 4.05. The van der Waals surface area contributed by atoms with Gasteiger partial charge in [0.25, 0.3) is 15.9 Å². The number of rotatable bonds is 4. The van der Waals surface area contributed by atoms with Gasteiger partial charge in [-0.05, 0) is 86.8 Å². The predicted molar refractivity (Wildman–Crippen MR) is 125 cm³/mol. The van der Waals surface area contributed by atoms with Crippen LogP contribution in [0, 0.1) is 13.8 Å². The van der Waals surface area contributed by atoms with Crippen molar-refractivity contribution < 1.29 is 13.2 Å². The van der Waals surface area contributed by atoms with Crippen molar-refractivity contribution in [3.63, 3.8) is 0 Å². The summed E-state index contributed by atoms with van der Waals surface area (Å²) in [6.45, 7) is 5.82. The highest BCUT2D eigenvalue weighted by molar-refractivity contribution is 7.92. The van der Waals surface area contributed by atoms with E-state index in [0.29, 0.717) is 22.7 Å². The monoisotopic (exact) mass is 454 g/mol. The summed E-state index contributed by atoms with van der Waals surface area (Å²) in [5, 5.41) is 3.43. The first kappa shape index (κ1) is 21.4. The number of nitrogens with one attached hydrogen (secondary N) is 1. The fourth-order valence-electron chi connectivity index (χ4n) is 3.98. The molecule has 4 rings (SSSR count). The summed E-state index contributed by atoms with van der Waals surface area (Å²) >= 11 is 5.91. The molecule has 1 heterocycles. The molecule has 0 aromatic heterocycles. The van der Waals surface area contributed by atoms with Crippen molar-refractivity contribution in [2.45, 2.75) is 38.1 Å². The van der Waals surface area contributed by atoms with E-state index in [2.05, 4.69) is 5.32 Å². The number of halogens is 1. The number of fused-ring (bicyclic) bond motifs is 1. The van der Waals surface area contributed by atoms with Crippen molar-refractivity contribution in [1.82, 2.24) is 0 Å². The van der Waals surface area contributed by atoms with Gasteiger partial charge in [-0.1, -0.05) is 29.3 Å². The number of hydrogen-bond acceptors (Lipinski definition) is 3. The maximum absolute atomic E-state index is 13.2. The molecule has 160 valence electrons. The molecule has 0 saturated carbocycles. The molecule has 1 N–H and O–H groups in total. The summed E-state index contributed by atoms with van der Waals surface area (Å²) in [4.78, 5) is 13.0. The number of carbonyl (C=O) groups excluding carboxylic acids is 1. The lowest BCUT2D eigenvalue weighted by Crippen LogP contribution is -2.35. The normalized spacial score (nSPS) is 15.6. The number of nitrogens with zero attached hydrogens (tertiary/aromatic N) is 1. The number of anilines is 2. The van der Waals surface area contributed by atoms with Crippen molar-refractivity contribution >= 4 is 38.9 Å². The lowest BCUT2D eigenvalue weighted by Gasteiger charge is -2.24. The molecule has 5 nitrogen and oxygen atoms in total. The molecule has 3 aromatic carbocycles. The summed E-state index contributed by atoms with van der Waals surface area (Å²) in [5.74, 6) is -0.221. The lowest BCUT2D eigenvalue weighted by molar-refractivity contribution is 0.102. The topological polar surface area (TPSA) is 66.5 Å². The van der Waals surface area contributed by atoms with Crippen molar-refractivity contribution in [2.75, 3.05) is 9.62 Å². The van der Waals surface area contributed by atoms with Crippen LogP contribution in [0.3, 0.4) is 0 Å². The molecule has 1 amide bonds. The number of carbonyl (C=O) groups is 1. The molecule has 1 atom stereocenters. The van der Waals surface area contributed by atoms with Crippen LogP contribution in [0.4, 0.5) is 11.4 Å². The van der Waals surface area contributed by atoms with E-state index in [1.165, 1.54) is 16.4 Å². The van der Waals surface area contributed by atoms with E-state index < -0.39 is 10.0 Å². The van der Waals surface area contributed by atoms with Gasteiger partial charge in [0.1, 0.15) is 0 Å². The van der Waals surface area contributed by atoms with Gasteiger partial charge in [0.05, 0.1) is 10.6 Å². The summed E-state index contributed by atoms with van der Waals surface area (Å²) < 4.78 is 27.9. The molecule has 0 fully saturated rings. The van der Waals surface area contributed by atoms with Crippen LogP contribution in [0.5, 0.6) is 0 Å². The molecule has 1 aliphatic rings. The lowest BCUT2D eigenvalue weighted by atomic mass is 10.1. The van der Waals surface area contributed by atoms with Gasteiger partial charge in [-0.2, -0.15) is 0 Å². The maximum Gasteiger partial charge on any atom is 0.264 e. The molecule has 7 heteroatoms. The van der Waals surface area contributed by atoms with Gasteiger partial charge in [-0.15, -0.1) is 0 Å². The molecule has 0 aliphatic carbocycles. The zero-order valence-corrected chi connectivity index (χ0v) is 19.1. The largest absolute Gasteiger partial charge is 0.322 e. The average Bonchev–Trinajstić information content (AvgIpc) is 3.06. The highest BCUT2D eigenvalue weighted by Gasteiger charge is 2.36. The Labute approximate surface area is 187 Å². The number of amides is 1. The standard InChI is InChI=1S/C24H23ClN2O3S/c1-15-4-10-22(16(2)12-15)26-24(28)18-5-11-23-19(14-18)13-17(3)27(23)31(29,30)21-8-6-20(25)7-9-21/h4-12,14,17H,13H2,1-3H3,(H,26,28)/t17-/m1/s1. The Morgan fingerprint density at radius 2 is 1.74 bits per heavy atom. The second-order valence-electron chi connectivity index (χ2n) is 7.92. The number of hydrogen-bond donors (Lipinski definition) is 1. The van der Waals surface area contributed by atoms with Crippen molar-refractivity contribution in [1.29, 1.82) is 0 Å². The molecule has 0 spiro atoms. The van der Waals surface area contributed by atoms with Crippen molar-refractivity contribution in [2.24, 2.45) is 0 Å². The molecular weight excluding hydrogens is 432 g/mol. The SMILES string of the molecule is Cc1ccc(NC(=O)c2ccc3c(c2)C[C@@H](C)N3S(=O)(=O)c2ccc(Cl)cc2)c(C)c1. The third-order valence-electron chi connectivity index (χ3n) is 5.50. The fourth-order valence-corrected chi connectivity index (χ4v) is 5.80. The summed E-state index contributed by atoms with van der Waals surface area (Å²) in [6, 6.07) is 16.9. The minimum absolute atomic E-state index is 0.188. The molecule has 31 heavy (non-hydrogen) atoms. The van der Waals surface area contributed by atoms with Crippen molar-refractivity contribution in [3.8, 4) is 0 Å². The molecule has 3 aromatic rings. The van der Waals surface area contributed by atoms with E-state index in [0.717, 1.165) is 22.4 Å². The van der Waals surface area contributed by atoms with E-state index >= 15 is 0 Å². The van der Waals surface area contributed by atoms with Gasteiger partial charge < -0.3 is 5.32 Å². The fraction of sp³-hybridized carbons (Fsp3) is 0.208. The minimum atomic E-state index is -3.74. The zero-order valence-electron chi connectivity index (χ0n) is 17.5. The van der Waals surface area contributed by atoms with Crippen LogP contribution in [-0.2, 0) is 16.4 Å². The van der Waals surface area contributed by atoms with E-state index in [4.69, 9.17) is 11.6 Å². The number of sulfonamides is 1. The Bertz CT molecular complexity index is 1270. The quantitative estimate of drug-likeness (QED) is 0.577. The van der Waals surface area contributed by atoms with Gasteiger partial charge in [0.15, 0.2) is 0 Å². The molecule has 0 unspecified atom stereocenters. The molecule has 1 aliphatic heterocycles. The van der Waals surface area contributed by atoms with E-state index in [-0.39, 0.29) is 16.8 Å². The van der Waals surface area contributed by atoms with Crippen LogP contribution in [0.25, 0.3) is 0 Å². The van der Waals surface area contributed by atoms with E-state index in [1.54, 1.807) is 30.3 Å². The summed E-state index contributed by atoms with van der Waals surface area (Å²) in [5.41, 5.74) is 4.81. The van der Waals surface area contributed by atoms with Crippen LogP contribution in [0.1, 0.15) is 34.0 Å². The first-order chi connectivity index (χ1) is 14.7. The number of aryl methyl sites for hydroxylation is 2. The van der Waals surface area contributed by atoms with Crippen LogP contribution < -0.4 is 9.62 Å². The minimum Gasteiger partial charge on any atom is -0.322 e. The first-order valence-corrected chi connectivity index (χ1v) is 11.8. The smallest absolute Gasteiger partial charge is 0.264 e. The molecular formula is C24H23ClN2O3S. The Balaban J connectivity index is 1.63. The van der Waals surface area contributed by atoms with Crippen LogP contribution in [0.2, 0.25) is 5.02 Å². The molecule has 0 radical (unpaired) electrons. The zero-order chi connectivity index (χ0) is 22.3.